The normalized spacial score (nSPS) is 15.0. The fraction of sp³-hybridized carbons (Fsp3) is 0.0417. The summed E-state index contributed by atoms with van der Waals surface area (Å²) in [6.45, 7) is 0.273. The van der Waals surface area contributed by atoms with Crippen LogP contribution >= 0.6 is 31.9 Å². The summed E-state index contributed by atoms with van der Waals surface area (Å²) in [6, 6.07) is 17.7. The lowest BCUT2D eigenvalue weighted by molar-refractivity contribution is -0.122. The quantitative estimate of drug-likeness (QED) is 0.326. The first-order chi connectivity index (χ1) is 15.8. The monoisotopic (exact) mass is 570 g/mol. The molecule has 2 N–H and O–H groups in total. The van der Waals surface area contributed by atoms with Gasteiger partial charge in [0.2, 0.25) is 0 Å². The Morgan fingerprint density at radius 1 is 0.970 bits per heavy atom. The topological polar surface area (TPSA) is 95.9 Å². The standard InChI is InChI=1S/C24H16Br2N2O5/c25-16-10-15(21(20(26)12-16)33-13-14-4-2-1-3-5-14)11-19-22(30)27-24(32)28(23(19)31)17-6-8-18(29)9-7-17/h1-12,29H,13H2,(H,27,30,32)/b19-11+. The Hall–Kier alpha value is -3.43. The summed E-state index contributed by atoms with van der Waals surface area (Å²) >= 11 is 6.89. The Balaban J connectivity index is 1.72. The number of halogens is 2. The third-order valence-corrected chi connectivity index (χ3v) is 5.82. The van der Waals surface area contributed by atoms with Crippen LogP contribution < -0.4 is 15.0 Å². The lowest BCUT2D eigenvalue weighted by Gasteiger charge is -2.26. The Morgan fingerprint density at radius 2 is 1.67 bits per heavy atom. The number of phenols is 1. The van der Waals surface area contributed by atoms with E-state index in [4.69, 9.17) is 4.74 Å². The van der Waals surface area contributed by atoms with E-state index < -0.39 is 17.8 Å². The molecule has 1 fully saturated rings. The van der Waals surface area contributed by atoms with Gasteiger partial charge < -0.3 is 9.84 Å². The van der Waals surface area contributed by atoms with E-state index in [1.165, 1.54) is 30.3 Å². The number of hydrogen-bond acceptors (Lipinski definition) is 5. The molecule has 0 aliphatic carbocycles. The number of aromatic hydroxyl groups is 1. The lowest BCUT2D eigenvalue weighted by Crippen LogP contribution is -2.54. The summed E-state index contributed by atoms with van der Waals surface area (Å²) in [4.78, 5) is 38.9. The van der Waals surface area contributed by atoms with E-state index in [9.17, 15) is 19.5 Å². The van der Waals surface area contributed by atoms with Crippen molar-refractivity contribution in [3.05, 3.63) is 92.4 Å². The molecule has 7 nitrogen and oxygen atoms in total. The number of urea groups is 1. The Bertz CT molecular complexity index is 1270. The van der Waals surface area contributed by atoms with Gasteiger partial charge in [0.15, 0.2) is 0 Å². The molecule has 3 aromatic carbocycles. The predicted molar refractivity (Wildman–Crippen MR) is 130 cm³/mol. The number of imide groups is 2. The summed E-state index contributed by atoms with van der Waals surface area (Å²) in [7, 11) is 0. The number of hydrogen-bond donors (Lipinski definition) is 2. The fourth-order valence-electron chi connectivity index (χ4n) is 3.22. The third-order valence-electron chi connectivity index (χ3n) is 4.77. The van der Waals surface area contributed by atoms with Crippen molar-refractivity contribution >= 4 is 61.5 Å². The summed E-state index contributed by atoms with van der Waals surface area (Å²) in [5.74, 6) is -1.19. The van der Waals surface area contributed by atoms with E-state index in [-0.39, 0.29) is 23.6 Å². The molecule has 166 valence electrons. The van der Waals surface area contributed by atoms with Crippen LogP contribution in [0.15, 0.2) is 81.2 Å². The van der Waals surface area contributed by atoms with Gasteiger partial charge >= 0.3 is 6.03 Å². The third kappa shape index (κ3) is 4.99. The maximum Gasteiger partial charge on any atom is 0.335 e. The van der Waals surface area contributed by atoms with Crippen molar-refractivity contribution in [3.63, 3.8) is 0 Å². The molecule has 33 heavy (non-hydrogen) atoms. The van der Waals surface area contributed by atoms with Crippen molar-refractivity contribution in [2.75, 3.05) is 4.90 Å². The van der Waals surface area contributed by atoms with Crippen molar-refractivity contribution in [2.24, 2.45) is 0 Å². The van der Waals surface area contributed by atoms with Crippen LogP contribution in [0, 0.1) is 0 Å². The second-order valence-electron chi connectivity index (χ2n) is 7.05. The van der Waals surface area contributed by atoms with Crippen molar-refractivity contribution in [2.45, 2.75) is 6.61 Å². The van der Waals surface area contributed by atoms with Gasteiger partial charge in [-0.3, -0.25) is 14.9 Å². The zero-order valence-corrected chi connectivity index (χ0v) is 20.1. The average molecular weight is 572 g/mol. The second kappa shape index (κ2) is 9.60. The highest BCUT2D eigenvalue weighted by molar-refractivity contribution is 9.11. The number of nitrogens with one attached hydrogen (secondary N) is 1. The molecule has 0 unspecified atom stereocenters. The molecule has 9 heteroatoms. The zero-order valence-electron chi connectivity index (χ0n) is 16.9. The summed E-state index contributed by atoms with van der Waals surface area (Å²) in [6.07, 6.45) is 1.38. The van der Waals surface area contributed by atoms with Gasteiger partial charge in [-0.25, -0.2) is 9.69 Å². The molecule has 0 saturated carbocycles. The lowest BCUT2D eigenvalue weighted by atomic mass is 10.1. The molecule has 0 atom stereocenters. The second-order valence-corrected chi connectivity index (χ2v) is 8.82. The summed E-state index contributed by atoms with van der Waals surface area (Å²) < 4.78 is 7.32. The minimum atomic E-state index is -0.871. The van der Waals surface area contributed by atoms with Gasteiger partial charge in [0, 0.05) is 10.0 Å². The fourth-order valence-corrected chi connectivity index (χ4v) is 4.59. The molecule has 0 spiro atoms. The van der Waals surface area contributed by atoms with Gasteiger partial charge in [-0.1, -0.05) is 46.3 Å². The Labute approximate surface area is 205 Å². The SMILES string of the molecule is O=C1NC(=O)N(c2ccc(O)cc2)C(=O)/C1=C/c1cc(Br)cc(Br)c1OCc1ccccc1. The van der Waals surface area contributed by atoms with Crippen LogP contribution in [-0.2, 0) is 16.2 Å². The van der Waals surface area contributed by atoms with E-state index >= 15 is 0 Å². The zero-order chi connectivity index (χ0) is 23.5. The van der Waals surface area contributed by atoms with E-state index in [1.54, 1.807) is 12.1 Å². The molecular weight excluding hydrogens is 556 g/mol. The van der Waals surface area contributed by atoms with Crippen LogP contribution in [-0.4, -0.2) is 23.0 Å². The minimum Gasteiger partial charge on any atom is -0.508 e. The first kappa shape index (κ1) is 22.8. The van der Waals surface area contributed by atoms with Gasteiger partial charge in [-0.15, -0.1) is 0 Å². The average Bonchev–Trinajstić information content (AvgIpc) is 2.78. The summed E-state index contributed by atoms with van der Waals surface area (Å²) in [5.41, 5.74) is 1.38. The van der Waals surface area contributed by atoms with Gasteiger partial charge in [0.05, 0.1) is 10.2 Å². The molecule has 1 saturated heterocycles. The van der Waals surface area contributed by atoms with Crippen LogP contribution in [0.1, 0.15) is 11.1 Å². The van der Waals surface area contributed by atoms with E-state index in [0.29, 0.717) is 20.3 Å². The maximum absolute atomic E-state index is 13.1. The summed E-state index contributed by atoms with van der Waals surface area (Å²) in [5, 5.41) is 11.7. The number of barbiturate groups is 1. The number of carbonyl (C=O) groups excluding carboxylic acids is 3. The largest absolute Gasteiger partial charge is 0.508 e. The molecule has 0 aromatic heterocycles. The van der Waals surface area contributed by atoms with E-state index in [1.807, 2.05) is 30.3 Å². The Kier molecular flexibility index (Phi) is 6.62. The first-order valence-corrected chi connectivity index (χ1v) is 11.3. The van der Waals surface area contributed by atoms with Crippen LogP contribution in [0.2, 0.25) is 0 Å². The van der Waals surface area contributed by atoms with Crippen LogP contribution in [0.3, 0.4) is 0 Å². The number of amides is 4. The number of rotatable bonds is 5. The molecular formula is C24H16Br2N2O5. The number of benzene rings is 3. The molecule has 3 aromatic rings. The highest BCUT2D eigenvalue weighted by Crippen LogP contribution is 2.35. The minimum absolute atomic E-state index is 0.0188. The maximum atomic E-state index is 13.1. The predicted octanol–water partition coefficient (Wildman–Crippen LogP) is 5.16. The van der Waals surface area contributed by atoms with Gasteiger partial charge in [-0.05, 0) is 64.0 Å². The molecule has 4 rings (SSSR count). The smallest absolute Gasteiger partial charge is 0.335 e. The number of nitrogens with zero attached hydrogens (tertiary/aromatic N) is 1. The molecule has 4 amide bonds. The van der Waals surface area contributed by atoms with Gasteiger partial charge in [0.1, 0.15) is 23.7 Å². The van der Waals surface area contributed by atoms with E-state index in [2.05, 4.69) is 37.2 Å². The number of ether oxygens (including phenoxy) is 1. The highest BCUT2D eigenvalue weighted by atomic mass is 79.9. The first-order valence-electron chi connectivity index (χ1n) is 9.70. The Morgan fingerprint density at radius 3 is 2.36 bits per heavy atom. The van der Waals surface area contributed by atoms with E-state index in [0.717, 1.165) is 10.5 Å². The van der Waals surface area contributed by atoms with Crippen molar-refractivity contribution in [3.8, 4) is 11.5 Å². The van der Waals surface area contributed by atoms with Crippen LogP contribution in [0.4, 0.5) is 10.5 Å². The molecule has 0 bridgehead atoms. The number of carbonyl (C=O) groups is 3. The molecule has 1 heterocycles. The molecule has 1 aliphatic heterocycles. The highest BCUT2D eigenvalue weighted by Gasteiger charge is 2.37. The van der Waals surface area contributed by atoms with Crippen molar-refractivity contribution in [1.29, 1.82) is 0 Å². The number of phenolic OH excluding ortho intramolecular Hbond substituents is 1. The molecule has 1 aliphatic rings. The van der Waals surface area contributed by atoms with Gasteiger partial charge in [-0.2, -0.15) is 0 Å². The van der Waals surface area contributed by atoms with Crippen molar-refractivity contribution < 1.29 is 24.2 Å². The van der Waals surface area contributed by atoms with Gasteiger partial charge in [0.25, 0.3) is 11.8 Å². The van der Waals surface area contributed by atoms with Crippen LogP contribution in [0.25, 0.3) is 6.08 Å². The van der Waals surface area contributed by atoms with Crippen LogP contribution in [0.5, 0.6) is 11.5 Å². The van der Waals surface area contributed by atoms with Crippen molar-refractivity contribution in [1.82, 2.24) is 5.32 Å². The molecule has 0 radical (unpaired) electrons. The number of anilines is 1.